The molecule has 0 radical (unpaired) electrons. The highest BCUT2D eigenvalue weighted by atomic mass is 19.4. The zero-order chi connectivity index (χ0) is 15.7. The first-order valence-electron chi connectivity index (χ1n) is 6.42. The first-order valence-corrected chi connectivity index (χ1v) is 6.42. The molecule has 2 rings (SSSR count). The third kappa shape index (κ3) is 3.52. The number of halogens is 3. The summed E-state index contributed by atoms with van der Waals surface area (Å²) in [5.41, 5.74) is -1.97. The minimum absolute atomic E-state index is 0.109. The van der Waals surface area contributed by atoms with E-state index in [1.165, 1.54) is 0 Å². The van der Waals surface area contributed by atoms with E-state index in [-0.39, 0.29) is 17.7 Å². The lowest BCUT2D eigenvalue weighted by molar-refractivity contribution is -0.136. The van der Waals surface area contributed by atoms with Crippen LogP contribution < -0.4 is 0 Å². The second-order valence-corrected chi connectivity index (χ2v) is 5.62. The van der Waals surface area contributed by atoms with Gasteiger partial charge in [-0.25, -0.2) is 6.57 Å². The Labute approximate surface area is 119 Å². The van der Waals surface area contributed by atoms with E-state index in [9.17, 15) is 13.2 Å². The molecule has 1 heterocycles. The quantitative estimate of drug-likeness (QED) is 0.783. The highest BCUT2D eigenvalue weighted by molar-refractivity contribution is 5.20. The van der Waals surface area contributed by atoms with Gasteiger partial charge in [-0.1, -0.05) is 12.1 Å². The highest BCUT2D eigenvalue weighted by Gasteiger charge is 2.46. The molecule has 0 bridgehead atoms. The Kier molecular flexibility index (Phi) is 3.66. The lowest BCUT2D eigenvalue weighted by Gasteiger charge is -2.13. The number of alkyl halides is 3. The molecule has 1 aromatic rings. The highest BCUT2D eigenvalue weighted by Crippen LogP contribution is 2.46. The summed E-state index contributed by atoms with van der Waals surface area (Å²) in [6.07, 6.45) is -4.63. The topological polar surface area (TPSA) is 67.1 Å². The van der Waals surface area contributed by atoms with Crippen LogP contribution in [0.15, 0.2) is 4.52 Å². The summed E-state index contributed by atoms with van der Waals surface area (Å²) < 4.78 is 42.0. The summed E-state index contributed by atoms with van der Waals surface area (Å²) in [5, 5.41) is 12.8. The van der Waals surface area contributed by atoms with E-state index in [1.54, 1.807) is 6.07 Å². The maximum absolute atomic E-state index is 12.3. The number of hydrogen-bond acceptors (Lipinski definition) is 4. The van der Waals surface area contributed by atoms with Crippen LogP contribution in [0.4, 0.5) is 13.2 Å². The SMILES string of the molecule is [C-]#[N+]C(C#N)(CCC(F)(F)F)Cc1noc(C2(C)CC2)n1. The summed E-state index contributed by atoms with van der Waals surface area (Å²) in [7, 11) is 0. The molecular weight excluding hydrogens is 285 g/mol. The molecule has 0 saturated heterocycles. The zero-order valence-corrected chi connectivity index (χ0v) is 11.4. The molecule has 1 fully saturated rings. The van der Waals surface area contributed by atoms with Crippen molar-refractivity contribution in [1.82, 2.24) is 10.1 Å². The molecule has 112 valence electrons. The Bertz CT molecular complexity index is 590. The third-order valence-corrected chi connectivity index (χ3v) is 3.68. The summed E-state index contributed by atoms with van der Waals surface area (Å²) >= 11 is 0. The predicted molar refractivity (Wildman–Crippen MR) is 64.8 cm³/mol. The number of rotatable bonds is 5. The molecule has 21 heavy (non-hydrogen) atoms. The Morgan fingerprint density at radius 2 is 2.10 bits per heavy atom. The standard InChI is InChI=1S/C13H13F3N4O/c1-11(3-4-11)10-19-9(20-21-10)7-12(8-17,18-2)5-6-13(14,15)16/h3-7H2,1H3. The van der Waals surface area contributed by atoms with Crippen molar-refractivity contribution in [3.8, 4) is 6.07 Å². The Hall–Kier alpha value is -2.09. The molecule has 1 unspecified atom stereocenters. The molecule has 5 nitrogen and oxygen atoms in total. The monoisotopic (exact) mass is 298 g/mol. The van der Waals surface area contributed by atoms with Gasteiger partial charge >= 0.3 is 11.7 Å². The Morgan fingerprint density at radius 1 is 1.43 bits per heavy atom. The normalized spacial score (nSPS) is 19.3. The molecule has 1 saturated carbocycles. The van der Waals surface area contributed by atoms with Gasteiger partial charge in [0.1, 0.15) is 6.42 Å². The van der Waals surface area contributed by atoms with E-state index in [2.05, 4.69) is 15.0 Å². The third-order valence-electron chi connectivity index (χ3n) is 3.68. The van der Waals surface area contributed by atoms with E-state index in [1.807, 2.05) is 6.92 Å². The molecule has 0 N–H and O–H groups in total. The fraction of sp³-hybridized carbons (Fsp3) is 0.692. The van der Waals surface area contributed by atoms with E-state index >= 15 is 0 Å². The van der Waals surface area contributed by atoms with Crippen LogP contribution in [-0.4, -0.2) is 21.9 Å². The molecule has 0 aromatic carbocycles. The van der Waals surface area contributed by atoms with Crippen LogP contribution in [-0.2, 0) is 11.8 Å². The Morgan fingerprint density at radius 3 is 2.57 bits per heavy atom. The lowest BCUT2D eigenvalue weighted by atomic mass is 9.91. The van der Waals surface area contributed by atoms with Crippen LogP contribution in [0, 0.1) is 17.9 Å². The van der Waals surface area contributed by atoms with Gasteiger partial charge in [-0.3, -0.25) is 4.85 Å². The molecule has 1 atom stereocenters. The van der Waals surface area contributed by atoms with Crippen molar-refractivity contribution in [2.45, 2.75) is 56.2 Å². The molecule has 0 aliphatic heterocycles. The van der Waals surface area contributed by atoms with Gasteiger partial charge in [0.2, 0.25) is 5.89 Å². The molecule has 1 aromatic heterocycles. The predicted octanol–water partition coefficient (Wildman–Crippen LogP) is 3.19. The van der Waals surface area contributed by atoms with Crippen molar-refractivity contribution in [1.29, 1.82) is 5.26 Å². The van der Waals surface area contributed by atoms with E-state index < -0.39 is 24.6 Å². The van der Waals surface area contributed by atoms with Crippen molar-refractivity contribution in [3.05, 3.63) is 23.1 Å². The molecule has 1 aliphatic rings. The first-order chi connectivity index (χ1) is 9.72. The minimum Gasteiger partial charge on any atom is -0.339 e. The van der Waals surface area contributed by atoms with E-state index in [4.69, 9.17) is 16.4 Å². The van der Waals surface area contributed by atoms with Gasteiger partial charge in [0.25, 0.3) is 0 Å². The average molecular weight is 298 g/mol. The number of aromatic nitrogens is 2. The molecule has 0 spiro atoms. The summed E-state index contributed by atoms with van der Waals surface area (Å²) in [4.78, 5) is 7.21. The van der Waals surface area contributed by atoms with Crippen LogP contribution in [0.3, 0.4) is 0 Å². The Balaban J connectivity index is 2.11. The minimum atomic E-state index is -4.41. The van der Waals surface area contributed by atoms with Gasteiger partial charge in [-0.15, -0.1) is 0 Å². The van der Waals surface area contributed by atoms with E-state index in [0.29, 0.717) is 5.89 Å². The molecule has 1 aliphatic carbocycles. The van der Waals surface area contributed by atoms with Gasteiger partial charge in [-0.05, 0) is 12.8 Å². The zero-order valence-electron chi connectivity index (χ0n) is 11.4. The summed E-state index contributed by atoms with van der Waals surface area (Å²) in [6.45, 7) is 9.00. The van der Waals surface area contributed by atoms with Crippen LogP contribution in [0.25, 0.3) is 4.85 Å². The van der Waals surface area contributed by atoms with Gasteiger partial charge in [0.15, 0.2) is 11.9 Å². The number of nitrogens with zero attached hydrogens (tertiary/aromatic N) is 4. The van der Waals surface area contributed by atoms with Crippen molar-refractivity contribution in [2.24, 2.45) is 0 Å². The smallest absolute Gasteiger partial charge is 0.339 e. The second-order valence-electron chi connectivity index (χ2n) is 5.62. The summed E-state index contributed by atoms with van der Waals surface area (Å²) in [6, 6.07) is 1.67. The average Bonchev–Trinajstić information content (AvgIpc) is 3.00. The van der Waals surface area contributed by atoms with Crippen molar-refractivity contribution in [3.63, 3.8) is 0 Å². The maximum Gasteiger partial charge on any atom is 0.389 e. The summed E-state index contributed by atoms with van der Waals surface area (Å²) in [5.74, 6) is 0.531. The van der Waals surface area contributed by atoms with Crippen LogP contribution in [0.1, 0.15) is 44.3 Å². The first kappa shape index (κ1) is 15.3. The molecular formula is C13H13F3N4O. The van der Waals surface area contributed by atoms with Crippen molar-refractivity contribution < 1.29 is 17.7 Å². The van der Waals surface area contributed by atoms with Crippen LogP contribution >= 0.6 is 0 Å². The number of nitriles is 1. The van der Waals surface area contributed by atoms with E-state index in [0.717, 1.165) is 12.8 Å². The van der Waals surface area contributed by atoms with Gasteiger partial charge in [-0.2, -0.15) is 23.4 Å². The van der Waals surface area contributed by atoms with Crippen LogP contribution in [0.2, 0.25) is 0 Å². The molecule has 0 amide bonds. The second kappa shape index (κ2) is 5.03. The van der Waals surface area contributed by atoms with Gasteiger partial charge in [0.05, 0.1) is 6.42 Å². The lowest BCUT2D eigenvalue weighted by Crippen LogP contribution is -2.28. The number of hydrogen-bond donors (Lipinski definition) is 0. The van der Waals surface area contributed by atoms with Gasteiger partial charge < -0.3 is 4.52 Å². The maximum atomic E-state index is 12.3. The fourth-order valence-electron chi connectivity index (χ4n) is 1.89. The largest absolute Gasteiger partial charge is 0.389 e. The molecule has 8 heteroatoms. The fourth-order valence-corrected chi connectivity index (χ4v) is 1.89. The van der Waals surface area contributed by atoms with Crippen LogP contribution in [0.5, 0.6) is 0 Å². The van der Waals surface area contributed by atoms with Crippen molar-refractivity contribution >= 4 is 0 Å². The van der Waals surface area contributed by atoms with Gasteiger partial charge in [0, 0.05) is 11.8 Å². The van der Waals surface area contributed by atoms with Crippen molar-refractivity contribution in [2.75, 3.05) is 0 Å².